The van der Waals surface area contributed by atoms with Gasteiger partial charge in [0.15, 0.2) is 6.10 Å². The Morgan fingerprint density at radius 1 is 1.37 bits per heavy atom. The van der Waals surface area contributed by atoms with Crippen LogP contribution in [0.2, 0.25) is 0 Å². The number of carboxylic acid groups (broad SMARTS) is 1. The Kier molecular flexibility index (Phi) is 4.63. The summed E-state index contributed by atoms with van der Waals surface area (Å²) in [5.74, 6) is -0.348. The normalized spacial score (nSPS) is 18.1. The van der Waals surface area contributed by atoms with Crippen LogP contribution in [0.1, 0.15) is 0 Å². The fraction of sp³-hybridized carbons (Fsp3) is 0.0769. The molecule has 1 aromatic rings. The number of ether oxygens (including phenoxy) is 1. The van der Waals surface area contributed by atoms with Crippen LogP contribution in [0.15, 0.2) is 53.0 Å². The first-order chi connectivity index (χ1) is 9.10. The molecule has 0 saturated carbocycles. The number of aliphatic carboxylic acids is 1. The van der Waals surface area contributed by atoms with E-state index in [0.717, 1.165) is 15.9 Å². The van der Waals surface area contributed by atoms with Gasteiger partial charge in [-0.05, 0) is 64.2 Å². The molecule has 19 heavy (non-hydrogen) atoms. The summed E-state index contributed by atoms with van der Waals surface area (Å²) in [6, 6.07) is 7.25. The molecule has 0 bridgehead atoms. The van der Waals surface area contributed by atoms with Crippen LogP contribution in [0.4, 0.5) is 0 Å². The molecular weight excluding hydrogens is 304 g/mol. The van der Waals surface area contributed by atoms with Crippen molar-refractivity contribution in [3.8, 4) is 5.75 Å². The smallest absolute Gasteiger partial charge is 0.335 e. The second-order valence-corrected chi connectivity index (χ2v) is 5.31. The molecule has 2 rings (SSSR count). The van der Waals surface area contributed by atoms with Crippen LogP contribution in [-0.2, 0) is 4.79 Å². The van der Waals surface area contributed by atoms with Crippen molar-refractivity contribution >= 4 is 44.7 Å². The van der Waals surface area contributed by atoms with Gasteiger partial charge in [0.2, 0.25) is 0 Å². The van der Waals surface area contributed by atoms with E-state index >= 15 is 0 Å². The Morgan fingerprint density at radius 3 is 2.58 bits per heavy atom. The molecule has 0 amide bonds. The van der Waals surface area contributed by atoms with Crippen LogP contribution in [-0.4, -0.2) is 22.0 Å². The number of halogens is 1. The van der Waals surface area contributed by atoms with E-state index in [4.69, 9.17) is 32.7 Å². The third kappa shape index (κ3) is 3.59. The van der Waals surface area contributed by atoms with Crippen LogP contribution in [0.5, 0.6) is 5.75 Å². The minimum Gasteiger partial charge on any atom is -0.481 e. The number of carboxylic acids is 1. The van der Waals surface area contributed by atoms with Gasteiger partial charge in [-0.1, -0.05) is 12.2 Å². The van der Waals surface area contributed by atoms with E-state index in [2.05, 4.69) is 0 Å². The highest BCUT2D eigenvalue weighted by molar-refractivity contribution is 8.21. The highest BCUT2D eigenvalue weighted by atomic mass is 35.7. The summed E-state index contributed by atoms with van der Waals surface area (Å²) in [7, 11) is 6.75. The summed E-state index contributed by atoms with van der Waals surface area (Å²) in [5, 5.41) is 8.85. The molecule has 0 aromatic heterocycles. The number of carbonyl (C=O) groups is 1. The topological polar surface area (TPSA) is 46.5 Å². The summed E-state index contributed by atoms with van der Waals surface area (Å²) >= 11 is 5.13. The molecular formula is C13H9ClO3S2. The molecule has 1 aromatic carbocycles. The van der Waals surface area contributed by atoms with Gasteiger partial charge < -0.3 is 9.84 Å². The van der Waals surface area contributed by atoms with Crippen molar-refractivity contribution in [3.63, 3.8) is 0 Å². The molecule has 1 aliphatic rings. The van der Waals surface area contributed by atoms with Gasteiger partial charge >= 0.3 is 5.97 Å². The predicted octanol–water partition coefficient (Wildman–Crippen LogP) is 3.63. The highest BCUT2D eigenvalue weighted by Gasteiger charge is 2.18. The highest BCUT2D eigenvalue weighted by Crippen LogP contribution is 2.25. The third-order valence-electron chi connectivity index (χ3n) is 2.45. The van der Waals surface area contributed by atoms with Crippen molar-refractivity contribution in [1.82, 2.24) is 0 Å². The standard InChI is InChI=1S/C13H9ClO3S2/c14-19-10-4-2-9(3-5-10)17-11-6-1-8(13(15)16)7-12(11)18/h1-7,11H,(H,15,16). The number of benzene rings is 1. The van der Waals surface area contributed by atoms with Crippen LogP contribution < -0.4 is 4.74 Å². The lowest BCUT2D eigenvalue weighted by Crippen LogP contribution is -2.25. The van der Waals surface area contributed by atoms with E-state index in [-0.39, 0.29) is 5.57 Å². The molecule has 0 fully saturated rings. The monoisotopic (exact) mass is 312 g/mol. The SMILES string of the molecule is O=C(O)C1=CC(=S)C(Oc2ccc(SCl)cc2)C=C1. The van der Waals surface area contributed by atoms with Gasteiger partial charge in [-0.15, -0.1) is 0 Å². The van der Waals surface area contributed by atoms with E-state index in [1.807, 2.05) is 12.1 Å². The Labute approximate surface area is 124 Å². The number of hydrogen-bond donors (Lipinski definition) is 1. The van der Waals surface area contributed by atoms with E-state index in [9.17, 15) is 4.79 Å². The summed E-state index contributed by atoms with van der Waals surface area (Å²) in [5.41, 5.74) is 0.165. The summed E-state index contributed by atoms with van der Waals surface area (Å²) < 4.78 is 5.68. The van der Waals surface area contributed by atoms with Gasteiger partial charge in [0.25, 0.3) is 0 Å². The van der Waals surface area contributed by atoms with Crippen molar-refractivity contribution < 1.29 is 14.6 Å². The molecule has 0 radical (unpaired) electrons. The number of rotatable bonds is 4. The predicted molar refractivity (Wildman–Crippen MR) is 80.0 cm³/mol. The number of hydrogen-bond acceptors (Lipinski definition) is 4. The summed E-state index contributed by atoms with van der Waals surface area (Å²) in [4.78, 5) is 12.2. The van der Waals surface area contributed by atoms with Crippen LogP contribution in [0.3, 0.4) is 0 Å². The average molecular weight is 313 g/mol. The van der Waals surface area contributed by atoms with Crippen molar-refractivity contribution in [2.75, 3.05) is 0 Å². The maximum atomic E-state index is 10.8. The first-order valence-electron chi connectivity index (χ1n) is 5.32. The van der Waals surface area contributed by atoms with Crippen LogP contribution in [0.25, 0.3) is 0 Å². The van der Waals surface area contributed by atoms with Crippen LogP contribution in [0, 0.1) is 0 Å². The van der Waals surface area contributed by atoms with Crippen molar-refractivity contribution in [1.29, 1.82) is 0 Å². The van der Waals surface area contributed by atoms with Crippen molar-refractivity contribution in [2.45, 2.75) is 11.0 Å². The molecule has 0 spiro atoms. The second kappa shape index (κ2) is 6.23. The molecule has 6 heteroatoms. The molecule has 0 heterocycles. The minimum atomic E-state index is -0.999. The molecule has 1 N–H and O–H groups in total. The van der Waals surface area contributed by atoms with Crippen LogP contribution >= 0.6 is 33.9 Å². The minimum absolute atomic E-state index is 0.165. The molecule has 1 unspecified atom stereocenters. The van der Waals surface area contributed by atoms with E-state index in [1.165, 1.54) is 12.2 Å². The fourth-order valence-corrected chi connectivity index (χ4v) is 2.32. The molecule has 1 aliphatic carbocycles. The Bertz CT molecular complexity index is 564. The van der Waals surface area contributed by atoms with Gasteiger partial charge in [-0.3, -0.25) is 0 Å². The molecule has 1 atom stereocenters. The summed E-state index contributed by atoms with van der Waals surface area (Å²) in [6.07, 6.45) is 4.14. The first-order valence-corrected chi connectivity index (χ1v) is 7.37. The first kappa shape index (κ1) is 14.1. The quantitative estimate of drug-likeness (QED) is 0.860. The maximum Gasteiger partial charge on any atom is 0.335 e. The lowest BCUT2D eigenvalue weighted by atomic mass is 10.0. The van der Waals surface area contributed by atoms with Gasteiger partial charge in [0, 0.05) is 4.90 Å². The second-order valence-electron chi connectivity index (χ2n) is 3.75. The lowest BCUT2D eigenvalue weighted by Gasteiger charge is -2.18. The zero-order valence-corrected chi connectivity index (χ0v) is 12.0. The largest absolute Gasteiger partial charge is 0.481 e. The molecule has 98 valence electrons. The molecule has 3 nitrogen and oxygen atoms in total. The maximum absolute atomic E-state index is 10.8. The third-order valence-corrected chi connectivity index (χ3v) is 3.79. The Balaban J connectivity index is 2.07. The Morgan fingerprint density at radius 2 is 2.05 bits per heavy atom. The van der Waals surface area contributed by atoms with E-state index in [0.29, 0.717) is 10.6 Å². The van der Waals surface area contributed by atoms with Crippen molar-refractivity contribution in [3.05, 3.63) is 48.1 Å². The molecule has 0 saturated heterocycles. The zero-order valence-electron chi connectivity index (χ0n) is 9.58. The van der Waals surface area contributed by atoms with Crippen molar-refractivity contribution in [2.24, 2.45) is 0 Å². The number of thiocarbonyl (C=S) groups is 1. The van der Waals surface area contributed by atoms with E-state index < -0.39 is 12.1 Å². The van der Waals surface area contributed by atoms with E-state index in [1.54, 1.807) is 18.2 Å². The van der Waals surface area contributed by atoms with Gasteiger partial charge in [0.1, 0.15) is 5.75 Å². The van der Waals surface area contributed by atoms with Gasteiger partial charge in [-0.2, -0.15) is 0 Å². The molecule has 0 aliphatic heterocycles. The average Bonchev–Trinajstić information content (AvgIpc) is 2.41. The van der Waals surface area contributed by atoms with Gasteiger partial charge in [-0.25, -0.2) is 4.79 Å². The van der Waals surface area contributed by atoms with Gasteiger partial charge in [0.05, 0.1) is 10.4 Å². The lowest BCUT2D eigenvalue weighted by molar-refractivity contribution is -0.132. The fourth-order valence-electron chi connectivity index (χ4n) is 1.52. The summed E-state index contributed by atoms with van der Waals surface area (Å²) in [6.45, 7) is 0. The Hall–Kier alpha value is -1.30. The zero-order chi connectivity index (χ0) is 13.8.